The topological polar surface area (TPSA) is 104 Å². The highest BCUT2D eigenvalue weighted by Crippen LogP contribution is 2.09. The van der Waals surface area contributed by atoms with Crippen molar-refractivity contribution in [2.75, 3.05) is 0 Å². The van der Waals surface area contributed by atoms with Gasteiger partial charge in [-0.15, -0.1) is 0 Å². The number of aromatic nitrogens is 1. The Hall–Kier alpha value is -3.03. The predicted octanol–water partition coefficient (Wildman–Crippen LogP) is -0.608. The molecule has 1 unspecified atom stereocenters. The number of carbonyl (C=O) groups excluding carboxylic acids is 1. The van der Waals surface area contributed by atoms with Crippen molar-refractivity contribution in [1.29, 1.82) is 0 Å². The van der Waals surface area contributed by atoms with E-state index in [1.54, 1.807) is 36.7 Å². The number of primary amides is 1. The van der Waals surface area contributed by atoms with Gasteiger partial charge in [0.25, 0.3) is 16.8 Å². The quantitative estimate of drug-likeness (QED) is 0.688. The fraction of sp³-hybridized carbons (Fsp3) is 0.0833. The minimum atomic E-state index is -0.608. The van der Waals surface area contributed by atoms with Crippen LogP contribution in [0.4, 0.5) is 0 Å². The fourth-order valence-electron chi connectivity index (χ4n) is 1.83. The van der Waals surface area contributed by atoms with E-state index in [4.69, 9.17) is 5.73 Å². The van der Waals surface area contributed by atoms with Crippen LogP contribution >= 0.6 is 0 Å². The molecule has 8 heteroatoms. The molecule has 0 aromatic carbocycles. The first-order valence-corrected chi connectivity index (χ1v) is 5.81. The van der Waals surface area contributed by atoms with Crippen molar-refractivity contribution in [1.82, 2.24) is 0 Å². The molecule has 2 aliphatic rings. The fourth-order valence-corrected chi connectivity index (χ4v) is 1.83. The summed E-state index contributed by atoms with van der Waals surface area (Å²) >= 11 is 0. The first-order chi connectivity index (χ1) is 9.65. The highest BCUT2D eigenvalue weighted by Gasteiger charge is 2.43. The summed E-state index contributed by atoms with van der Waals surface area (Å²) in [5, 5.41) is 3.83. The van der Waals surface area contributed by atoms with Crippen LogP contribution in [-0.4, -0.2) is 34.8 Å². The summed E-state index contributed by atoms with van der Waals surface area (Å²) in [5.74, 6) is -0.0924. The number of pyridine rings is 1. The minimum absolute atomic E-state index is 0.127. The number of fused-ring (bicyclic) bond motifs is 1. The second-order valence-corrected chi connectivity index (χ2v) is 4.14. The number of nitrogens with two attached hydrogens (primary N) is 1. The van der Waals surface area contributed by atoms with Gasteiger partial charge in [-0.25, -0.2) is 4.99 Å². The lowest BCUT2D eigenvalue weighted by Crippen LogP contribution is -2.47. The highest BCUT2D eigenvalue weighted by molar-refractivity contribution is 6.04. The SMILES string of the molecule is NC(=O)c1ccc[n+](C2=N[N+](=O)C3C=CC=NC3=N2)c1. The molecular formula is C12H10N6O2+2. The molecule has 3 rings (SSSR count). The number of dihydropyridines is 1. The summed E-state index contributed by atoms with van der Waals surface area (Å²) in [5.41, 5.74) is 5.51. The average molecular weight is 270 g/mol. The molecule has 1 aromatic heterocycles. The van der Waals surface area contributed by atoms with Crippen molar-refractivity contribution in [2.45, 2.75) is 6.04 Å². The Labute approximate surface area is 113 Å². The maximum absolute atomic E-state index is 11.8. The summed E-state index contributed by atoms with van der Waals surface area (Å²) in [7, 11) is 0. The van der Waals surface area contributed by atoms with Gasteiger partial charge in [0.1, 0.15) is 0 Å². The van der Waals surface area contributed by atoms with Crippen LogP contribution in [-0.2, 0) is 0 Å². The molecule has 2 N–H and O–H groups in total. The smallest absolute Gasteiger partial charge is 0.366 e. The van der Waals surface area contributed by atoms with E-state index in [0.717, 1.165) is 0 Å². The molecule has 1 amide bonds. The maximum Gasteiger partial charge on any atom is 0.510 e. The van der Waals surface area contributed by atoms with E-state index in [1.165, 1.54) is 10.8 Å². The molecule has 0 radical (unpaired) electrons. The third-order valence-corrected chi connectivity index (χ3v) is 2.81. The number of amides is 1. The van der Waals surface area contributed by atoms with Crippen LogP contribution in [0.1, 0.15) is 10.4 Å². The lowest BCUT2D eigenvalue weighted by atomic mass is 10.2. The van der Waals surface area contributed by atoms with Gasteiger partial charge in [0, 0.05) is 12.3 Å². The second kappa shape index (κ2) is 4.57. The van der Waals surface area contributed by atoms with Crippen molar-refractivity contribution in [2.24, 2.45) is 20.8 Å². The number of nitrogens with zero attached hydrogens (tertiary/aromatic N) is 5. The molecule has 98 valence electrons. The van der Waals surface area contributed by atoms with Gasteiger partial charge in [0.2, 0.25) is 4.87 Å². The second-order valence-electron chi connectivity index (χ2n) is 4.14. The van der Waals surface area contributed by atoms with E-state index < -0.39 is 11.9 Å². The molecule has 0 bridgehead atoms. The molecule has 8 nitrogen and oxygen atoms in total. The number of rotatable bonds is 1. The van der Waals surface area contributed by atoms with Crippen LogP contribution in [0, 0.1) is 4.91 Å². The Bertz CT molecular complexity index is 731. The molecule has 0 fully saturated rings. The number of hydrogen-bond acceptors (Lipinski definition) is 4. The van der Waals surface area contributed by atoms with Crippen LogP contribution in [0.15, 0.2) is 51.8 Å². The number of nitroso groups, excluding NO2 is 1. The van der Waals surface area contributed by atoms with Crippen LogP contribution in [0.3, 0.4) is 0 Å². The minimum Gasteiger partial charge on any atom is -0.366 e. The van der Waals surface area contributed by atoms with E-state index in [9.17, 15) is 9.70 Å². The van der Waals surface area contributed by atoms with Crippen LogP contribution < -0.4 is 10.3 Å². The number of carbonyl (C=O) groups is 1. The van der Waals surface area contributed by atoms with Gasteiger partial charge >= 0.3 is 12.0 Å². The van der Waals surface area contributed by atoms with Crippen molar-refractivity contribution in [3.63, 3.8) is 0 Å². The summed E-state index contributed by atoms with van der Waals surface area (Å²) in [6.07, 6.45) is 7.95. The van der Waals surface area contributed by atoms with Crippen molar-refractivity contribution in [3.05, 3.63) is 47.1 Å². The Morgan fingerprint density at radius 2 is 2.25 bits per heavy atom. The molecule has 0 aliphatic carbocycles. The lowest BCUT2D eigenvalue weighted by molar-refractivity contribution is -0.601. The molecule has 20 heavy (non-hydrogen) atoms. The van der Waals surface area contributed by atoms with E-state index in [1.807, 2.05) is 0 Å². The van der Waals surface area contributed by atoms with Gasteiger partial charge in [-0.3, -0.25) is 4.79 Å². The summed E-state index contributed by atoms with van der Waals surface area (Å²) < 4.78 is 1.45. The van der Waals surface area contributed by atoms with E-state index >= 15 is 0 Å². The highest BCUT2D eigenvalue weighted by atomic mass is 16.3. The monoisotopic (exact) mass is 270 g/mol. The van der Waals surface area contributed by atoms with Crippen LogP contribution in [0.2, 0.25) is 0 Å². The third-order valence-electron chi connectivity index (χ3n) is 2.81. The van der Waals surface area contributed by atoms with Gasteiger partial charge in [0.05, 0.1) is 22.9 Å². The van der Waals surface area contributed by atoms with Crippen LogP contribution in [0.25, 0.3) is 0 Å². The third kappa shape index (κ3) is 2.03. The van der Waals surface area contributed by atoms with Gasteiger partial charge in [0.15, 0.2) is 0 Å². The summed E-state index contributed by atoms with van der Waals surface area (Å²) in [6, 6.07) is 2.58. The van der Waals surface area contributed by atoms with E-state index in [-0.39, 0.29) is 5.96 Å². The molecule has 2 aliphatic heterocycles. The Morgan fingerprint density at radius 1 is 1.40 bits per heavy atom. The average Bonchev–Trinajstić information content (AvgIpc) is 2.47. The standard InChI is InChI=1S/C12H9N6O2/c13-10(19)8-3-2-6-17(7-8)12-15-11-9(18(20)16-12)4-1-5-14-11/h1-7,9H,(H-,13,19)/q+1/p+1. The molecular weight excluding hydrogens is 260 g/mol. The zero-order valence-corrected chi connectivity index (χ0v) is 10.2. The van der Waals surface area contributed by atoms with Crippen molar-refractivity contribution in [3.8, 4) is 0 Å². The molecule has 1 atom stereocenters. The van der Waals surface area contributed by atoms with Gasteiger partial charge in [-0.05, 0) is 23.2 Å². The Balaban J connectivity index is 2.03. The maximum atomic E-state index is 11.8. The number of aliphatic imine (C=N–C) groups is 2. The predicted molar refractivity (Wildman–Crippen MR) is 70.5 cm³/mol. The van der Waals surface area contributed by atoms with Gasteiger partial charge in [-0.1, -0.05) is 0 Å². The van der Waals surface area contributed by atoms with E-state index in [2.05, 4.69) is 15.1 Å². The molecule has 1 aromatic rings. The van der Waals surface area contributed by atoms with Crippen molar-refractivity contribution >= 4 is 23.9 Å². The summed E-state index contributed by atoms with van der Waals surface area (Å²) in [4.78, 5) is 31.8. The first-order valence-electron chi connectivity index (χ1n) is 5.81. The largest absolute Gasteiger partial charge is 0.510 e. The van der Waals surface area contributed by atoms with Crippen molar-refractivity contribution < 1.29 is 14.2 Å². The number of amidine groups is 1. The van der Waals surface area contributed by atoms with Crippen LogP contribution in [0.5, 0.6) is 0 Å². The zero-order chi connectivity index (χ0) is 14.1. The number of hydrogen-bond donors (Lipinski definition) is 1. The number of hydrazone groups is 1. The molecule has 0 saturated carbocycles. The molecule has 0 spiro atoms. The molecule has 0 saturated heterocycles. The first kappa shape index (κ1) is 12.0. The normalized spacial score (nSPS) is 20.2. The van der Waals surface area contributed by atoms with E-state index in [0.29, 0.717) is 16.3 Å². The number of allylic oxidation sites excluding steroid dienone is 1. The summed E-state index contributed by atoms with van der Waals surface area (Å²) in [6.45, 7) is 0. The van der Waals surface area contributed by atoms with Gasteiger partial charge in [-0.2, -0.15) is 4.57 Å². The Kier molecular flexibility index (Phi) is 2.75. The van der Waals surface area contributed by atoms with Gasteiger partial charge < -0.3 is 5.73 Å². The molecule has 3 heterocycles. The lowest BCUT2D eigenvalue weighted by Gasteiger charge is -2.04. The zero-order valence-electron chi connectivity index (χ0n) is 10.2. The Morgan fingerprint density at radius 3 is 3.05 bits per heavy atom.